The maximum absolute atomic E-state index is 11.6. The van der Waals surface area contributed by atoms with Crippen molar-refractivity contribution in [3.05, 3.63) is 29.7 Å². The molecule has 2 heterocycles. The van der Waals surface area contributed by atoms with Crippen LogP contribution in [-0.4, -0.2) is 27.2 Å². The lowest BCUT2D eigenvalue weighted by Gasteiger charge is -2.02. The molecule has 2 aromatic rings. The normalized spacial score (nSPS) is 10.5. The first-order valence-corrected chi connectivity index (χ1v) is 4.71. The van der Waals surface area contributed by atoms with Gasteiger partial charge in [0.15, 0.2) is 5.65 Å². The minimum absolute atomic E-state index is 0.354. The van der Waals surface area contributed by atoms with Crippen LogP contribution in [0.3, 0.4) is 0 Å². The van der Waals surface area contributed by atoms with Crippen molar-refractivity contribution >= 4 is 11.6 Å². The Morgan fingerprint density at radius 3 is 3.07 bits per heavy atom. The Hall–Kier alpha value is -1.91. The van der Waals surface area contributed by atoms with Gasteiger partial charge in [-0.1, -0.05) is 0 Å². The molecule has 0 aliphatic rings. The summed E-state index contributed by atoms with van der Waals surface area (Å²) in [6.45, 7) is 3.95. The Labute approximate surface area is 86.7 Å². The van der Waals surface area contributed by atoms with Gasteiger partial charge in [-0.3, -0.25) is 4.40 Å². The van der Waals surface area contributed by atoms with Crippen LogP contribution in [0.4, 0.5) is 0 Å². The Bertz CT molecular complexity index is 504. The van der Waals surface area contributed by atoms with E-state index in [2.05, 4.69) is 10.2 Å². The third kappa shape index (κ3) is 1.56. The zero-order valence-corrected chi connectivity index (χ0v) is 8.60. The molecule has 0 atom stereocenters. The van der Waals surface area contributed by atoms with Crippen LogP contribution in [0.25, 0.3) is 5.65 Å². The van der Waals surface area contributed by atoms with Crippen LogP contribution in [0, 0.1) is 6.92 Å². The number of hydrogen-bond acceptors (Lipinski definition) is 4. The van der Waals surface area contributed by atoms with Crippen LogP contribution >= 0.6 is 0 Å². The number of aromatic nitrogens is 3. The van der Waals surface area contributed by atoms with Gasteiger partial charge in [0, 0.05) is 6.20 Å². The van der Waals surface area contributed by atoms with E-state index in [0.717, 1.165) is 5.82 Å². The molecule has 2 aromatic heterocycles. The van der Waals surface area contributed by atoms with Gasteiger partial charge >= 0.3 is 5.97 Å². The van der Waals surface area contributed by atoms with Gasteiger partial charge in [-0.15, -0.1) is 10.2 Å². The van der Waals surface area contributed by atoms with Crippen molar-refractivity contribution < 1.29 is 9.53 Å². The number of hydrogen-bond donors (Lipinski definition) is 0. The lowest BCUT2D eigenvalue weighted by Crippen LogP contribution is -2.06. The average molecular weight is 205 g/mol. The Morgan fingerprint density at radius 1 is 1.53 bits per heavy atom. The predicted molar refractivity (Wildman–Crippen MR) is 53.7 cm³/mol. The van der Waals surface area contributed by atoms with E-state index in [4.69, 9.17) is 4.74 Å². The molecule has 0 saturated carbocycles. The number of pyridine rings is 1. The van der Waals surface area contributed by atoms with Crippen molar-refractivity contribution in [2.24, 2.45) is 0 Å². The summed E-state index contributed by atoms with van der Waals surface area (Å²) in [5.74, 6) is 0.381. The molecule has 0 N–H and O–H groups in total. The topological polar surface area (TPSA) is 56.5 Å². The summed E-state index contributed by atoms with van der Waals surface area (Å²) in [4.78, 5) is 11.6. The third-order valence-corrected chi connectivity index (χ3v) is 2.10. The fourth-order valence-electron chi connectivity index (χ4n) is 1.40. The number of nitrogens with zero attached hydrogens (tertiary/aromatic N) is 3. The highest BCUT2D eigenvalue weighted by Crippen LogP contribution is 2.10. The molecular weight excluding hydrogens is 194 g/mol. The van der Waals surface area contributed by atoms with Gasteiger partial charge in [0.2, 0.25) is 0 Å². The highest BCUT2D eigenvalue weighted by molar-refractivity contribution is 5.95. The van der Waals surface area contributed by atoms with E-state index >= 15 is 0 Å². The van der Waals surface area contributed by atoms with Crippen molar-refractivity contribution in [1.82, 2.24) is 14.6 Å². The van der Waals surface area contributed by atoms with E-state index in [0.29, 0.717) is 17.8 Å². The van der Waals surface area contributed by atoms with Crippen molar-refractivity contribution in [3.8, 4) is 0 Å². The molecule has 5 heteroatoms. The summed E-state index contributed by atoms with van der Waals surface area (Å²) < 4.78 is 6.68. The maximum Gasteiger partial charge on any atom is 0.341 e. The molecule has 0 amide bonds. The van der Waals surface area contributed by atoms with Gasteiger partial charge in [0.25, 0.3) is 0 Å². The zero-order chi connectivity index (χ0) is 10.8. The van der Waals surface area contributed by atoms with Gasteiger partial charge in [0.1, 0.15) is 11.4 Å². The maximum atomic E-state index is 11.6. The summed E-state index contributed by atoms with van der Waals surface area (Å²) in [7, 11) is 0. The van der Waals surface area contributed by atoms with E-state index in [1.165, 1.54) is 0 Å². The molecule has 0 fully saturated rings. The molecule has 0 aliphatic heterocycles. The monoisotopic (exact) mass is 205 g/mol. The lowest BCUT2D eigenvalue weighted by atomic mass is 10.3. The van der Waals surface area contributed by atoms with E-state index in [9.17, 15) is 4.79 Å². The molecular formula is C10H11N3O2. The smallest absolute Gasteiger partial charge is 0.341 e. The van der Waals surface area contributed by atoms with Crippen molar-refractivity contribution in [3.63, 3.8) is 0 Å². The molecule has 0 saturated heterocycles. The largest absolute Gasteiger partial charge is 0.462 e. The van der Waals surface area contributed by atoms with E-state index in [-0.39, 0.29) is 5.97 Å². The van der Waals surface area contributed by atoms with Crippen molar-refractivity contribution in [1.29, 1.82) is 0 Å². The van der Waals surface area contributed by atoms with Crippen LogP contribution < -0.4 is 0 Å². The Morgan fingerprint density at radius 2 is 2.33 bits per heavy atom. The number of fused-ring (bicyclic) bond motifs is 1. The van der Waals surface area contributed by atoms with Crippen LogP contribution in [0.2, 0.25) is 0 Å². The number of carbonyl (C=O) groups excluding carboxylic acids is 1. The second-order valence-electron chi connectivity index (χ2n) is 3.08. The number of esters is 1. The molecule has 15 heavy (non-hydrogen) atoms. The molecule has 5 nitrogen and oxygen atoms in total. The summed E-state index contributed by atoms with van der Waals surface area (Å²) in [6.07, 6.45) is 1.81. The first-order valence-electron chi connectivity index (χ1n) is 4.71. The summed E-state index contributed by atoms with van der Waals surface area (Å²) >= 11 is 0. The Kier molecular flexibility index (Phi) is 2.37. The predicted octanol–water partition coefficient (Wildman–Crippen LogP) is 1.21. The minimum Gasteiger partial charge on any atom is -0.462 e. The number of aryl methyl sites for hydroxylation is 1. The van der Waals surface area contributed by atoms with Crippen molar-refractivity contribution in [2.75, 3.05) is 6.61 Å². The SMILES string of the molecule is CCOC(=O)c1cccn2c(C)nnc12. The van der Waals surface area contributed by atoms with E-state index < -0.39 is 0 Å². The number of carbonyl (C=O) groups is 1. The highest BCUT2D eigenvalue weighted by atomic mass is 16.5. The quantitative estimate of drug-likeness (QED) is 0.691. The van der Waals surface area contributed by atoms with Crippen LogP contribution in [-0.2, 0) is 4.74 Å². The van der Waals surface area contributed by atoms with Crippen LogP contribution in [0.1, 0.15) is 23.1 Å². The van der Waals surface area contributed by atoms with E-state index in [1.807, 2.05) is 13.1 Å². The Balaban J connectivity index is 2.56. The second kappa shape index (κ2) is 3.68. The molecule has 2 rings (SSSR count). The van der Waals surface area contributed by atoms with Crippen LogP contribution in [0.5, 0.6) is 0 Å². The zero-order valence-electron chi connectivity index (χ0n) is 8.60. The average Bonchev–Trinajstić information content (AvgIpc) is 2.61. The molecule has 0 unspecified atom stereocenters. The fourth-order valence-corrected chi connectivity index (χ4v) is 1.40. The van der Waals surface area contributed by atoms with Crippen LogP contribution in [0.15, 0.2) is 18.3 Å². The molecule has 0 aromatic carbocycles. The minimum atomic E-state index is -0.365. The molecule has 0 spiro atoms. The van der Waals surface area contributed by atoms with Gasteiger partial charge in [-0.25, -0.2) is 4.79 Å². The molecule has 0 aliphatic carbocycles. The summed E-state index contributed by atoms with van der Waals surface area (Å²) in [5, 5.41) is 7.84. The van der Waals surface area contributed by atoms with Crippen molar-refractivity contribution in [2.45, 2.75) is 13.8 Å². The fraction of sp³-hybridized carbons (Fsp3) is 0.300. The first kappa shape index (κ1) is 9.64. The van der Waals surface area contributed by atoms with Gasteiger partial charge in [-0.05, 0) is 26.0 Å². The van der Waals surface area contributed by atoms with Gasteiger partial charge in [-0.2, -0.15) is 0 Å². The lowest BCUT2D eigenvalue weighted by molar-refractivity contribution is 0.0528. The highest BCUT2D eigenvalue weighted by Gasteiger charge is 2.13. The number of ether oxygens (including phenoxy) is 1. The standard InChI is InChI=1S/C10H11N3O2/c1-3-15-10(14)8-5-4-6-13-7(2)11-12-9(8)13/h4-6H,3H2,1-2H3. The number of rotatable bonds is 2. The summed E-state index contributed by atoms with van der Waals surface area (Å²) in [5.41, 5.74) is 0.980. The molecule has 0 radical (unpaired) electrons. The second-order valence-corrected chi connectivity index (χ2v) is 3.08. The van der Waals surface area contributed by atoms with E-state index in [1.54, 1.807) is 23.5 Å². The molecule has 0 bridgehead atoms. The van der Waals surface area contributed by atoms with Gasteiger partial charge < -0.3 is 4.74 Å². The first-order chi connectivity index (χ1) is 7.24. The summed E-state index contributed by atoms with van der Waals surface area (Å²) in [6, 6.07) is 3.46. The van der Waals surface area contributed by atoms with Gasteiger partial charge in [0.05, 0.1) is 6.61 Å². The third-order valence-electron chi connectivity index (χ3n) is 2.10. The molecule has 78 valence electrons.